The average molecular weight is 390 g/mol. The lowest BCUT2D eigenvalue weighted by molar-refractivity contribution is -0.138. The van der Waals surface area contributed by atoms with E-state index in [1.54, 1.807) is 6.07 Å². The van der Waals surface area contributed by atoms with Crippen molar-refractivity contribution in [2.45, 2.75) is 22.6 Å². The average Bonchev–Trinajstić information content (AvgIpc) is 2.63. The Morgan fingerprint density at radius 1 is 0.963 bits per heavy atom. The van der Waals surface area contributed by atoms with Crippen LogP contribution in [0.4, 0.5) is 5.69 Å². The summed E-state index contributed by atoms with van der Waals surface area (Å²) in [5, 5.41) is 20.9. The van der Waals surface area contributed by atoms with Gasteiger partial charge in [0.2, 0.25) is 0 Å². The van der Waals surface area contributed by atoms with Crippen molar-refractivity contribution in [3.63, 3.8) is 0 Å². The van der Waals surface area contributed by atoms with E-state index in [1.165, 1.54) is 17.8 Å². The first kappa shape index (κ1) is 20.2. The second kappa shape index (κ2) is 10.2. The van der Waals surface area contributed by atoms with Gasteiger partial charge in [0.25, 0.3) is 0 Å². The number of aliphatic carboxylic acids is 2. The topological polar surface area (TPSA) is 129 Å². The molecule has 142 valence electrons. The van der Waals surface area contributed by atoms with E-state index in [0.29, 0.717) is 10.6 Å². The second-order valence-corrected chi connectivity index (χ2v) is 6.39. The van der Waals surface area contributed by atoms with Gasteiger partial charge in [0.15, 0.2) is 0 Å². The van der Waals surface area contributed by atoms with E-state index >= 15 is 0 Å². The van der Waals surface area contributed by atoms with Crippen LogP contribution >= 0.6 is 11.8 Å². The molecule has 0 bridgehead atoms. The minimum Gasteiger partial charge on any atom is -0.492 e. The van der Waals surface area contributed by atoms with Crippen molar-refractivity contribution >= 4 is 29.4 Å². The molecule has 0 heterocycles. The first-order valence-corrected chi connectivity index (χ1v) is 8.79. The maximum Gasteiger partial charge on any atom is 0.306 e. The molecule has 2 aromatic rings. The molecule has 0 radical (unpaired) electrons. The third-order valence-electron chi connectivity index (χ3n) is 3.26. The molecule has 2 rings (SSSR count). The van der Waals surface area contributed by atoms with Crippen LogP contribution in [-0.2, 0) is 9.59 Å². The number of carboxylic acid groups (broad SMARTS) is 2. The van der Waals surface area contributed by atoms with Crippen LogP contribution in [-0.4, -0.2) is 35.4 Å². The summed E-state index contributed by atoms with van der Waals surface area (Å²) in [6.07, 6.45) is -0.352. The van der Waals surface area contributed by atoms with Crippen LogP contribution in [0.25, 0.3) is 0 Å². The van der Waals surface area contributed by atoms with E-state index in [1.807, 2.05) is 30.3 Å². The van der Waals surface area contributed by atoms with Crippen LogP contribution in [0.5, 0.6) is 11.5 Å². The predicted octanol–water partition coefficient (Wildman–Crippen LogP) is 4.21. The number of hydrogen-bond acceptors (Lipinski definition) is 7. The summed E-state index contributed by atoms with van der Waals surface area (Å²) in [5.74, 6) is -1.34. The number of hydrogen-bond donors (Lipinski definition) is 3. The third kappa shape index (κ3) is 6.63. The van der Waals surface area contributed by atoms with Crippen molar-refractivity contribution in [2.24, 2.45) is 5.11 Å². The van der Waals surface area contributed by atoms with Gasteiger partial charge in [-0.2, -0.15) is 5.11 Å². The van der Waals surface area contributed by atoms with Crippen LogP contribution in [0.1, 0.15) is 12.8 Å². The molecule has 0 fully saturated rings. The summed E-state index contributed by atoms with van der Waals surface area (Å²) in [4.78, 5) is 22.9. The summed E-state index contributed by atoms with van der Waals surface area (Å²) in [6.45, 7) is -0.0964. The van der Waals surface area contributed by atoms with Gasteiger partial charge in [-0.05, 0) is 12.1 Å². The number of nitrogens with one attached hydrogen (secondary N) is 1. The Balaban J connectivity index is 2.29. The molecule has 0 aliphatic heterocycles. The van der Waals surface area contributed by atoms with E-state index in [4.69, 9.17) is 25.2 Å². The molecule has 3 N–H and O–H groups in total. The highest BCUT2D eigenvalue weighted by atomic mass is 32.2. The highest BCUT2D eigenvalue weighted by molar-refractivity contribution is 7.99. The maximum atomic E-state index is 10.7. The lowest BCUT2D eigenvalue weighted by Gasteiger charge is -2.15. The summed E-state index contributed by atoms with van der Waals surface area (Å²) in [5.41, 5.74) is 7.48. The minimum absolute atomic E-state index is 0.0334. The van der Waals surface area contributed by atoms with E-state index in [2.05, 4.69) is 5.11 Å². The van der Waals surface area contributed by atoms with Gasteiger partial charge in [-0.25, -0.2) is 5.53 Å². The Morgan fingerprint density at radius 2 is 1.56 bits per heavy atom. The Morgan fingerprint density at radius 3 is 2.11 bits per heavy atom. The quantitative estimate of drug-likeness (QED) is 0.490. The second-order valence-electron chi connectivity index (χ2n) is 5.28. The van der Waals surface area contributed by atoms with Crippen molar-refractivity contribution in [1.82, 2.24) is 0 Å². The fraction of sp³-hybridized carbons (Fsp3) is 0.222. The van der Waals surface area contributed by atoms with Gasteiger partial charge < -0.3 is 19.7 Å². The number of ether oxygens (including phenoxy) is 2. The lowest BCUT2D eigenvalue weighted by Crippen LogP contribution is -2.06. The monoisotopic (exact) mass is 390 g/mol. The zero-order chi connectivity index (χ0) is 19.6. The molecule has 0 unspecified atom stereocenters. The fourth-order valence-electron chi connectivity index (χ4n) is 2.04. The van der Waals surface area contributed by atoms with Gasteiger partial charge in [0.05, 0.1) is 31.0 Å². The number of nitrogens with zero attached hydrogens (tertiary/aromatic N) is 1. The van der Waals surface area contributed by atoms with Gasteiger partial charge in [0, 0.05) is 17.0 Å². The van der Waals surface area contributed by atoms with Gasteiger partial charge in [0.1, 0.15) is 17.2 Å². The molecular formula is C18H18N2O6S. The molecule has 27 heavy (non-hydrogen) atoms. The zero-order valence-electron chi connectivity index (χ0n) is 14.3. The summed E-state index contributed by atoms with van der Waals surface area (Å²) in [7, 11) is 0. The maximum absolute atomic E-state index is 10.7. The largest absolute Gasteiger partial charge is 0.492 e. The smallest absolute Gasteiger partial charge is 0.306 e. The number of benzene rings is 2. The van der Waals surface area contributed by atoms with E-state index in [0.717, 1.165) is 4.90 Å². The molecule has 2 aromatic carbocycles. The Kier molecular flexibility index (Phi) is 7.63. The first-order chi connectivity index (χ1) is 13.0. The summed E-state index contributed by atoms with van der Waals surface area (Å²) >= 11 is 1.37. The highest BCUT2D eigenvalue weighted by Gasteiger charge is 2.15. The molecule has 8 nitrogen and oxygen atoms in total. The van der Waals surface area contributed by atoms with Gasteiger partial charge in [-0.3, -0.25) is 9.59 Å². The van der Waals surface area contributed by atoms with Crippen molar-refractivity contribution in [3.8, 4) is 11.5 Å². The Labute approximate surface area is 159 Å². The first-order valence-electron chi connectivity index (χ1n) is 7.97. The van der Waals surface area contributed by atoms with Crippen LogP contribution in [0.15, 0.2) is 57.4 Å². The van der Waals surface area contributed by atoms with Gasteiger partial charge in [-0.1, -0.05) is 30.0 Å². The molecule has 0 atom stereocenters. The molecule has 0 saturated carbocycles. The van der Waals surface area contributed by atoms with E-state index in [9.17, 15) is 9.59 Å². The molecule has 0 spiro atoms. The van der Waals surface area contributed by atoms with E-state index in [-0.39, 0.29) is 37.5 Å². The molecule has 0 aliphatic carbocycles. The molecular weight excluding hydrogens is 372 g/mol. The fourth-order valence-corrected chi connectivity index (χ4v) is 2.97. The molecule has 9 heteroatoms. The van der Waals surface area contributed by atoms with Crippen LogP contribution in [0, 0.1) is 5.53 Å². The lowest BCUT2D eigenvalue weighted by atomic mass is 10.2. The van der Waals surface area contributed by atoms with Gasteiger partial charge in [-0.15, -0.1) is 0 Å². The predicted molar refractivity (Wildman–Crippen MR) is 97.3 cm³/mol. The summed E-state index contributed by atoms with van der Waals surface area (Å²) < 4.78 is 11.0. The van der Waals surface area contributed by atoms with Crippen molar-refractivity contribution in [3.05, 3.63) is 42.5 Å². The normalized spacial score (nSPS) is 10.2. The van der Waals surface area contributed by atoms with Crippen LogP contribution in [0.3, 0.4) is 0 Å². The Bertz CT molecular complexity index is 813. The Hall–Kier alpha value is -3.07. The number of rotatable bonds is 11. The number of carbonyl (C=O) groups is 2. The van der Waals surface area contributed by atoms with Crippen LogP contribution < -0.4 is 9.47 Å². The molecule has 0 aliphatic rings. The SMILES string of the molecule is N=Nc1cc(OCCC(=O)O)c(Sc2ccccc2)cc1OCCC(=O)O. The van der Waals surface area contributed by atoms with Gasteiger partial charge >= 0.3 is 11.9 Å². The number of carboxylic acids is 2. The van der Waals surface area contributed by atoms with Crippen LogP contribution in [0.2, 0.25) is 0 Å². The molecule has 0 saturated heterocycles. The highest BCUT2D eigenvalue weighted by Crippen LogP contribution is 2.42. The van der Waals surface area contributed by atoms with Crippen molar-refractivity contribution in [2.75, 3.05) is 13.2 Å². The van der Waals surface area contributed by atoms with Crippen molar-refractivity contribution < 1.29 is 29.3 Å². The zero-order valence-corrected chi connectivity index (χ0v) is 15.1. The van der Waals surface area contributed by atoms with Crippen molar-refractivity contribution in [1.29, 1.82) is 5.53 Å². The molecule has 0 aromatic heterocycles. The molecule has 0 amide bonds. The minimum atomic E-state index is -0.994. The summed E-state index contributed by atoms with van der Waals surface area (Å²) in [6, 6.07) is 12.5. The van der Waals surface area contributed by atoms with E-state index < -0.39 is 11.9 Å². The third-order valence-corrected chi connectivity index (χ3v) is 4.31. The standard InChI is InChI=1S/C18H18N2O6S/c19-20-13-10-15(26-9-7-18(23)24)16(27-12-4-2-1-3-5-12)11-14(13)25-8-6-17(21)22/h1-5,10-11,19H,6-9H2,(H,21,22)(H,23,24).